The zero-order valence-electron chi connectivity index (χ0n) is 13.9. The fraction of sp³-hybridized carbons (Fsp3) is 0.167. The minimum absolute atomic E-state index is 0.407. The van der Waals surface area contributed by atoms with Crippen molar-refractivity contribution in [2.24, 2.45) is 16.5 Å². The third-order valence-electron chi connectivity index (χ3n) is 4.35. The van der Waals surface area contributed by atoms with Crippen LogP contribution in [-0.2, 0) is 0 Å². The molecule has 2 atom stereocenters. The Hall–Kier alpha value is -1.70. The largest absolute Gasteiger partial charge is 0.311 e. The first-order valence-corrected chi connectivity index (χ1v) is 9.67. The molecule has 8 heteroatoms. The van der Waals surface area contributed by atoms with Crippen LogP contribution < -0.4 is 21.3 Å². The lowest BCUT2D eigenvalue weighted by atomic mass is 10.1. The lowest BCUT2D eigenvalue weighted by molar-refractivity contribution is 0.717. The molecular formula is C18H17Cl2N5S. The zero-order chi connectivity index (χ0) is 18.4. The van der Waals surface area contributed by atoms with E-state index in [4.69, 9.17) is 39.7 Å². The molecule has 0 aromatic heterocycles. The fourth-order valence-electron chi connectivity index (χ4n) is 3.25. The van der Waals surface area contributed by atoms with E-state index in [1.807, 2.05) is 47.1 Å². The number of rotatable bonds is 2. The summed E-state index contributed by atoms with van der Waals surface area (Å²) in [5.74, 6) is 0.814. The van der Waals surface area contributed by atoms with Gasteiger partial charge in [0, 0.05) is 5.69 Å². The number of nitrogens with two attached hydrogens (primary N) is 2. The predicted molar refractivity (Wildman–Crippen MR) is 112 cm³/mol. The van der Waals surface area contributed by atoms with Crippen molar-refractivity contribution in [1.29, 1.82) is 0 Å². The summed E-state index contributed by atoms with van der Waals surface area (Å²) in [6.07, 6.45) is -0.460. The molecule has 4 rings (SSSR count). The van der Waals surface area contributed by atoms with Gasteiger partial charge in [0.1, 0.15) is 22.5 Å². The second kappa shape index (κ2) is 6.79. The van der Waals surface area contributed by atoms with E-state index in [1.165, 1.54) is 11.8 Å². The molecule has 2 unspecified atom stereocenters. The Kier molecular flexibility index (Phi) is 4.62. The number of para-hydroxylation sites is 2. The maximum Gasteiger partial charge on any atom is 0.136 e. The SMILES string of the molecule is CC1=NC2=C(C(N)N1c1ccccc1)N(c1c(Cl)cccc1Cl)C(N)S2. The van der Waals surface area contributed by atoms with Crippen LogP contribution in [0.2, 0.25) is 10.0 Å². The minimum Gasteiger partial charge on any atom is -0.311 e. The van der Waals surface area contributed by atoms with Gasteiger partial charge in [-0.15, -0.1) is 0 Å². The van der Waals surface area contributed by atoms with Gasteiger partial charge in [-0.1, -0.05) is 59.2 Å². The van der Waals surface area contributed by atoms with E-state index in [1.54, 1.807) is 18.2 Å². The first-order valence-electron chi connectivity index (χ1n) is 8.04. The highest BCUT2D eigenvalue weighted by molar-refractivity contribution is 8.04. The second-order valence-electron chi connectivity index (χ2n) is 5.95. The third kappa shape index (κ3) is 2.78. The van der Waals surface area contributed by atoms with Crippen molar-refractivity contribution in [3.8, 4) is 0 Å². The molecule has 2 aromatic rings. The van der Waals surface area contributed by atoms with Gasteiger partial charge in [-0.05, 0) is 31.2 Å². The summed E-state index contributed by atoms with van der Waals surface area (Å²) in [5, 5.41) is 1.84. The monoisotopic (exact) mass is 405 g/mol. The van der Waals surface area contributed by atoms with Crippen LogP contribution in [0.5, 0.6) is 0 Å². The van der Waals surface area contributed by atoms with Crippen LogP contribution in [0.25, 0.3) is 0 Å². The van der Waals surface area contributed by atoms with Crippen LogP contribution in [0.1, 0.15) is 6.92 Å². The number of anilines is 2. The summed E-state index contributed by atoms with van der Waals surface area (Å²) < 4.78 is 0. The van der Waals surface area contributed by atoms with E-state index in [2.05, 4.69) is 0 Å². The Morgan fingerprint density at radius 1 is 0.962 bits per heavy atom. The first kappa shape index (κ1) is 17.7. The molecule has 0 amide bonds. The molecule has 0 bridgehead atoms. The average Bonchev–Trinajstić information content (AvgIpc) is 2.92. The van der Waals surface area contributed by atoms with E-state index in [9.17, 15) is 0 Å². The molecule has 134 valence electrons. The summed E-state index contributed by atoms with van der Waals surface area (Å²) in [4.78, 5) is 8.61. The van der Waals surface area contributed by atoms with Crippen molar-refractivity contribution in [1.82, 2.24) is 0 Å². The van der Waals surface area contributed by atoms with Crippen molar-refractivity contribution >= 4 is 52.2 Å². The molecule has 0 spiro atoms. The van der Waals surface area contributed by atoms with E-state index < -0.39 is 11.7 Å². The Morgan fingerprint density at radius 3 is 2.27 bits per heavy atom. The molecule has 0 saturated heterocycles. The highest BCUT2D eigenvalue weighted by Gasteiger charge is 2.41. The van der Waals surface area contributed by atoms with Crippen molar-refractivity contribution in [3.05, 3.63) is 69.3 Å². The van der Waals surface area contributed by atoms with Gasteiger partial charge in [0.05, 0.1) is 21.4 Å². The number of hydrogen-bond donors (Lipinski definition) is 2. The van der Waals surface area contributed by atoms with Crippen molar-refractivity contribution in [3.63, 3.8) is 0 Å². The summed E-state index contributed by atoms with van der Waals surface area (Å²) in [6, 6.07) is 15.3. The van der Waals surface area contributed by atoms with Crippen molar-refractivity contribution in [2.75, 3.05) is 9.80 Å². The van der Waals surface area contributed by atoms with Gasteiger partial charge in [-0.25, -0.2) is 4.99 Å². The highest BCUT2D eigenvalue weighted by atomic mass is 35.5. The standard InChI is InChI=1S/C18H17Cl2N5S/c1-10-23-17-15(16(21)24(10)11-6-3-2-4-7-11)25(18(22)26-17)14-12(19)8-5-9-13(14)20/h2-9,16,18H,21-22H2,1H3. The van der Waals surface area contributed by atoms with Gasteiger partial charge in [-0.3, -0.25) is 0 Å². The number of thioether (sulfide) groups is 1. The molecule has 0 aliphatic carbocycles. The number of amidine groups is 1. The molecule has 0 fully saturated rings. The van der Waals surface area contributed by atoms with E-state index in [-0.39, 0.29) is 0 Å². The van der Waals surface area contributed by atoms with Gasteiger partial charge in [0.25, 0.3) is 0 Å². The lowest BCUT2D eigenvalue weighted by Gasteiger charge is -2.38. The molecule has 0 saturated carbocycles. The van der Waals surface area contributed by atoms with Crippen molar-refractivity contribution in [2.45, 2.75) is 18.6 Å². The van der Waals surface area contributed by atoms with Gasteiger partial charge in [-0.2, -0.15) is 0 Å². The molecule has 4 N–H and O–H groups in total. The Labute approximate surface area is 166 Å². The topological polar surface area (TPSA) is 70.9 Å². The molecule has 2 aromatic carbocycles. The summed E-state index contributed by atoms with van der Waals surface area (Å²) in [7, 11) is 0. The maximum absolute atomic E-state index is 6.67. The average molecular weight is 406 g/mol. The predicted octanol–water partition coefficient (Wildman–Crippen LogP) is 4.18. The molecule has 26 heavy (non-hydrogen) atoms. The van der Waals surface area contributed by atoms with E-state index >= 15 is 0 Å². The summed E-state index contributed by atoms with van der Waals surface area (Å²) in [6.45, 7) is 1.94. The van der Waals surface area contributed by atoms with Crippen LogP contribution in [0.3, 0.4) is 0 Å². The van der Waals surface area contributed by atoms with Gasteiger partial charge in [0.15, 0.2) is 0 Å². The highest BCUT2D eigenvalue weighted by Crippen LogP contribution is 2.47. The maximum atomic E-state index is 6.67. The number of aliphatic imine (C=N–C) groups is 1. The Bertz CT molecular complexity index is 895. The zero-order valence-corrected chi connectivity index (χ0v) is 16.3. The molecular weight excluding hydrogens is 389 g/mol. The fourth-order valence-corrected chi connectivity index (χ4v) is 4.90. The quantitative estimate of drug-likeness (QED) is 0.783. The summed E-state index contributed by atoms with van der Waals surface area (Å²) in [5.41, 5.74) is 15.1. The number of hydrogen-bond acceptors (Lipinski definition) is 6. The minimum atomic E-state index is -0.460. The Morgan fingerprint density at radius 2 is 1.62 bits per heavy atom. The Balaban J connectivity index is 1.83. The smallest absolute Gasteiger partial charge is 0.136 e. The molecule has 2 aliphatic heterocycles. The normalized spacial score (nSPS) is 22.6. The van der Waals surface area contributed by atoms with Crippen LogP contribution >= 0.6 is 35.0 Å². The second-order valence-corrected chi connectivity index (χ2v) is 7.87. The number of benzene rings is 2. The van der Waals surface area contributed by atoms with Crippen LogP contribution in [0, 0.1) is 0 Å². The third-order valence-corrected chi connectivity index (χ3v) is 5.93. The lowest BCUT2D eigenvalue weighted by Crippen LogP contribution is -2.53. The molecule has 2 aliphatic rings. The van der Waals surface area contributed by atoms with Crippen LogP contribution in [0.15, 0.2) is 64.2 Å². The molecule has 0 radical (unpaired) electrons. The van der Waals surface area contributed by atoms with E-state index in [0.29, 0.717) is 15.7 Å². The van der Waals surface area contributed by atoms with Gasteiger partial charge < -0.3 is 21.3 Å². The van der Waals surface area contributed by atoms with Crippen LogP contribution in [-0.4, -0.2) is 17.5 Å². The molecule has 2 heterocycles. The molecule has 5 nitrogen and oxygen atoms in total. The van der Waals surface area contributed by atoms with Gasteiger partial charge >= 0.3 is 0 Å². The van der Waals surface area contributed by atoms with Crippen molar-refractivity contribution < 1.29 is 0 Å². The first-order chi connectivity index (χ1) is 12.5. The van der Waals surface area contributed by atoms with Crippen LogP contribution in [0.4, 0.5) is 11.4 Å². The summed E-state index contributed by atoms with van der Waals surface area (Å²) >= 11 is 14.3. The van der Waals surface area contributed by atoms with Gasteiger partial charge in [0.2, 0.25) is 0 Å². The number of nitrogens with zero attached hydrogens (tertiary/aromatic N) is 3. The number of halogens is 2. The van der Waals surface area contributed by atoms with E-state index in [0.717, 1.165) is 22.2 Å².